The molecule has 0 radical (unpaired) electrons. The molecule has 0 aromatic carbocycles. The summed E-state index contributed by atoms with van der Waals surface area (Å²) in [6.07, 6.45) is 0.0791. The van der Waals surface area contributed by atoms with Gasteiger partial charge in [-0.3, -0.25) is 13.9 Å². The van der Waals surface area contributed by atoms with E-state index in [-0.39, 0.29) is 24.8 Å². The van der Waals surface area contributed by atoms with Crippen molar-refractivity contribution in [1.29, 1.82) is 0 Å². The number of amides is 1. The van der Waals surface area contributed by atoms with E-state index < -0.39 is 27.1 Å². The monoisotopic (exact) mass is 317 g/mol. The van der Waals surface area contributed by atoms with Crippen molar-refractivity contribution in [3.63, 3.8) is 0 Å². The summed E-state index contributed by atoms with van der Waals surface area (Å²) in [5, 5.41) is 9.16. The van der Waals surface area contributed by atoms with Gasteiger partial charge in [0.1, 0.15) is 0 Å². The number of hydrogen-bond acceptors (Lipinski definition) is 4. The smallest absolute Gasteiger partial charge is 0.366 e. The zero-order valence-electron chi connectivity index (χ0n) is 10.9. The molecule has 0 spiro atoms. The first-order chi connectivity index (χ1) is 8.56. The lowest BCUT2D eigenvalue weighted by Crippen LogP contribution is -2.31. The predicted octanol–water partition coefficient (Wildman–Crippen LogP) is 0.220. The second-order valence-electron chi connectivity index (χ2n) is 4.37. The molecule has 0 bridgehead atoms. The van der Waals surface area contributed by atoms with E-state index in [9.17, 15) is 19.0 Å². The molecule has 3 unspecified atom stereocenters. The first-order valence-electron chi connectivity index (χ1n) is 5.85. The van der Waals surface area contributed by atoms with Crippen molar-refractivity contribution < 1.29 is 33.7 Å². The number of nitrogens with one attached hydrogen (secondary N) is 1. The maximum atomic E-state index is 11.4. The summed E-state index contributed by atoms with van der Waals surface area (Å²) in [5.74, 6) is -0.392. The second kappa shape index (κ2) is 7.53. The molecule has 3 atom stereocenters. The van der Waals surface area contributed by atoms with E-state index in [1.165, 1.54) is 0 Å². The van der Waals surface area contributed by atoms with Crippen molar-refractivity contribution in [2.75, 3.05) is 6.54 Å². The molecule has 8 nitrogen and oxygen atoms in total. The quantitative estimate of drug-likeness (QED) is 0.318. The van der Waals surface area contributed by atoms with Gasteiger partial charge in [0.2, 0.25) is 19.0 Å². The van der Waals surface area contributed by atoms with E-state index in [2.05, 4.69) is 5.32 Å². The predicted molar refractivity (Wildman–Crippen MR) is 69.9 cm³/mol. The fourth-order valence-corrected chi connectivity index (χ4v) is 3.12. The maximum absolute atomic E-state index is 11.4. The topological polar surface area (TPSA) is 144 Å². The minimum absolute atomic E-state index is 0.0131. The third-order valence-corrected chi connectivity index (χ3v) is 6.46. The fourth-order valence-electron chi connectivity index (χ4n) is 1.28. The summed E-state index contributed by atoms with van der Waals surface area (Å²) in [7, 11) is -8.93. The third kappa shape index (κ3) is 5.34. The van der Waals surface area contributed by atoms with Crippen LogP contribution in [0.15, 0.2) is 0 Å². The van der Waals surface area contributed by atoms with E-state index in [0.717, 1.165) is 0 Å². The molecule has 0 saturated heterocycles. The molecule has 5 N–H and O–H groups in total. The Labute approximate surface area is 112 Å². The minimum atomic E-state index is -5.11. The first kappa shape index (κ1) is 18.8. The van der Waals surface area contributed by atoms with Gasteiger partial charge in [0.15, 0.2) is 0 Å². The van der Waals surface area contributed by atoms with Crippen LogP contribution in [0.1, 0.15) is 33.1 Å². The summed E-state index contributed by atoms with van der Waals surface area (Å²) in [5.41, 5.74) is 0. The van der Waals surface area contributed by atoms with Crippen LogP contribution < -0.4 is 5.32 Å². The highest BCUT2D eigenvalue weighted by atomic mass is 31.2. The highest BCUT2D eigenvalue weighted by molar-refractivity contribution is 7.66. The molecule has 0 rings (SSSR count). The van der Waals surface area contributed by atoms with Crippen molar-refractivity contribution in [1.82, 2.24) is 5.32 Å². The Kier molecular flexibility index (Phi) is 7.43. The molecular weight excluding hydrogens is 296 g/mol. The van der Waals surface area contributed by atoms with Gasteiger partial charge in [-0.15, -0.1) is 0 Å². The van der Waals surface area contributed by atoms with Gasteiger partial charge < -0.3 is 25.1 Å². The summed E-state index contributed by atoms with van der Waals surface area (Å²) in [6, 6.07) is 0. The molecule has 0 aliphatic heterocycles. The van der Waals surface area contributed by atoms with Crippen LogP contribution >= 0.6 is 15.6 Å². The lowest BCUT2D eigenvalue weighted by Gasteiger charge is -2.25. The number of aliphatic hydroxyl groups is 1. The first-order valence-corrected chi connectivity index (χ1v) is 8.82. The van der Waals surface area contributed by atoms with Crippen LogP contribution in [-0.4, -0.2) is 37.3 Å². The minimum Gasteiger partial charge on any atom is -0.370 e. The Morgan fingerprint density at radius 3 is 2.37 bits per heavy atom. The molecule has 0 fully saturated rings. The molecule has 0 aromatic rings. The molecule has 0 aromatic heterocycles. The molecule has 1 amide bonds. The van der Waals surface area contributed by atoms with Crippen LogP contribution in [0.5, 0.6) is 0 Å². The van der Waals surface area contributed by atoms with Crippen molar-refractivity contribution in [2.24, 2.45) is 5.92 Å². The fraction of sp³-hybridized carbons (Fsp3) is 0.889. The summed E-state index contributed by atoms with van der Waals surface area (Å²) >= 11 is 0. The van der Waals surface area contributed by atoms with Crippen molar-refractivity contribution in [3.8, 4) is 0 Å². The maximum Gasteiger partial charge on any atom is 0.366 e. The van der Waals surface area contributed by atoms with Gasteiger partial charge in [-0.2, -0.15) is 0 Å². The standard InChI is InChI=1S/C9H21NO7P2/c1-3-7(2)8(11)10-6-4-5-9(12,18(13)14)19(15,16)17/h7,12,18H,3-6H2,1-2H3,(H,10,11)(H,13,14)(H2,15,16,17). The molecule has 19 heavy (non-hydrogen) atoms. The SMILES string of the molecule is CCC(C)C(=O)NCCCC(O)([PH](=O)O)P(=O)(O)O. The Balaban J connectivity index is 4.36. The molecule has 10 heteroatoms. The van der Waals surface area contributed by atoms with Gasteiger partial charge in [0.25, 0.3) is 0 Å². The van der Waals surface area contributed by atoms with Crippen LogP contribution in [0.3, 0.4) is 0 Å². The average molecular weight is 317 g/mol. The lowest BCUT2D eigenvalue weighted by atomic mass is 10.1. The summed E-state index contributed by atoms with van der Waals surface area (Å²) in [4.78, 5) is 38.0. The molecule has 0 aliphatic carbocycles. The molecule has 0 saturated carbocycles. The van der Waals surface area contributed by atoms with Gasteiger partial charge >= 0.3 is 7.60 Å². The van der Waals surface area contributed by atoms with E-state index in [0.29, 0.717) is 6.42 Å². The summed E-state index contributed by atoms with van der Waals surface area (Å²) < 4.78 is 21.9. The van der Waals surface area contributed by atoms with E-state index in [4.69, 9.17) is 14.7 Å². The molecule has 0 aliphatic rings. The number of hydrogen-bond donors (Lipinski definition) is 5. The normalized spacial score (nSPS) is 18.4. The Morgan fingerprint density at radius 1 is 1.47 bits per heavy atom. The van der Waals surface area contributed by atoms with Gasteiger partial charge in [-0.25, -0.2) is 0 Å². The van der Waals surface area contributed by atoms with Gasteiger partial charge in [0, 0.05) is 12.5 Å². The number of rotatable bonds is 8. The average Bonchev–Trinajstić information content (AvgIpc) is 2.31. The Hall–Kier alpha value is -0.230. The third-order valence-electron chi connectivity index (χ3n) is 2.89. The van der Waals surface area contributed by atoms with E-state index in [1.54, 1.807) is 6.92 Å². The van der Waals surface area contributed by atoms with Crippen molar-refractivity contribution >= 4 is 21.5 Å². The molecule has 0 heterocycles. The van der Waals surface area contributed by atoms with Crippen molar-refractivity contribution in [2.45, 2.75) is 38.2 Å². The largest absolute Gasteiger partial charge is 0.370 e. The van der Waals surface area contributed by atoms with Gasteiger partial charge in [0.05, 0.1) is 0 Å². The van der Waals surface area contributed by atoms with Crippen LogP contribution in [0.25, 0.3) is 0 Å². The van der Waals surface area contributed by atoms with Gasteiger partial charge in [-0.1, -0.05) is 13.8 Å². The second-order valence-corrected chi connectivity index (χ2v) is 8.06. The number of carbonyl (C=O) groups is 1. The number of carbonyl (C=O) groups excluding carboxylic acids is 1. The van der Waals surface area contributed by atoms with Crippen LogP contribution in [0.4, 0.5) is 0 Å². The Morgan fingerprint density at radius 2 is 2.00 bits per heavy atom. The van der Waals surface area contributed by atoms with E-state index in [1.807, 2.05) is 6.92 Å². The van der Waals surface area contributed by atoms with Crippen LogP contribution in [0, 0.1) is 5.92 Å². The van der Waals surface area contributed by atoms with Crippen molar-refractivity contribution in [3.05, 3.63) is 0 Å². The zero-order valence-corrected chi connectivity index (χ0v) is 12.8. The van der Waals surface area contributed by atoms with E-state index >= 15 is 0 Å². The van der Waals surface area contributed by atoms with Gasteiger partial charge in [-0.05, 0) is 19.3 Å². The Bertz CT molecular complexity index is 383. The summed E-state index contributed by atoms with van der Waals surface area (Å²) in [6.45, 7) is 3.64. The molecule has 114 valence electrons. The highest BCUT2D eigenvalue weighted by Crippen LogP contribution is 2.61. The lowest BCUT2D eigenvalue weighted by molar-refractivity contribution is -0.124. The highest BCUT2D eigenvalue weighted by Gasteiger charge is 2.49. The van der Waals surface area contributed by atoms with Crippen LogP contribution in [0.2, 0.25) is 0 Å². The molecular formula is C9H21NO7P2. The zero-order chi connectivity index (χ0) is 15.3. The van der Waals surface area contributed by atoms with Crippen LogP contribution in [-0.2, 0) is 13.9 Å².